The van der Waals surface area contributed by atoms with Gasteiger partial charge in [-0.05, 0) is 43.2 Å². The Balaban J connectivity index is 2.27. The molecule has 0 unspecified atom stereocenters. The number of halogens is 2. The van der Waals surface area contributed by atoms with Crippen molar-refractivity contribution in [3.8, 4) is 5.75 Å². The summed E-state index contributed by atoms with van der Waals surface area (Å²) in [7, 11) is 1.77. The predicted molar refractivity (Wildman–Crippen MR) is 86.9 cm³/mol. The Morgan fingerprint density at radius 1 is 1.24 bits per heavy atom. The van der Waals surface area contributed by atoms with Crippen molar-refractivity contribution in [1.29, 1.82) is 0 Å². The topological polar surface area (TPSA) is 38.5 Å². The molecule has 2 aromatic carbocycles. The minimum atomic E-state index is -0.385. The molecule has 5 heteroatoms. The predicted octanol–water partition coefficient (Wildman–Crippen LogP) is 4.09. The minimum Gasteiger partial charge on any atom is -0.486 e. The zero-order valence-corrected chi connectivity index (χ0v) is 13.9. The van der Waals surface area contributed by atoms with Crippen LogP contribution in [0, 0.1) is 19.7 Å². The van der Waals surface area contributed by atoms with Gasteiger partial charge in [0.15, 0.2) is 11.6 Å². The van der Waals surface area contributed by atoms with Crippen LogP contribution in [0.4, 0.5) is 10.1 Å². The van der Waals surface area contributed by atoms with Crippen LogP contribution in [0.5, 0.6) is 5.75 Å². The first-order valence-electron chi connectivity index (χ1n) is 6.55. The lowest BCUT2D eigenvalue weighted by molar-refractivity contribution is 0.289. The van der Waals surface area contributed by atoms with E-state index < -0.39 is 0 Å². The van der Waals surface area contributed by atoms with Gasteiger partial charge in [-0.2, -0.15) is 0 Å². The fraction of sp³-hybridized carbons (Fsp3) is 0.250. The van der Waals surface area contributed by atoms with Crippen LogP contribution in [-0.4, -0.2) is 7.05 Å². The highest BCUT2D eigenvalue weighted by molar-refractivity contribution is 9.10. The standard InChI is InChI=1S/C16H18BrFN2O/c1-10-5-4-6-15(20(3)19)12(10)9-21-16-7-11(2)13(17)8-14(16)18/h4-8H,9,19H2,1-3H3. The Hall–Kier alpha value is -1.59. The summed E-state index contributed by atoms with van der Waals surface area (Å²) in [4.78, 5) is 0. The van der Waals surface area contributed by atoms with Crippen LogP contribution in [0.25, 0.3) is 0 Å². The van der Waals surface area contributed by atoms with Crippen LogP contribution in [-0.2, 0) is 6.61 Å². The molecule has 0 aliphatic rings. The summed E-state index contributed by atoms with van der Waals surface area (Å²) in [5.41, 5.74) is 3.79. The summed E-state index contributed by atoms with van der Waals surface area (Å²) in [5, 5.41) is 1.54. The molecular weight excluding hydrogens is 335 g/mol. The van der Waals surface area contributed by atoms with E-state index in [0.717, 1.165) is 26.9 Å². The molecule has 0 atom stereocenters. The van der Waals surface area contributed by atoms with Gasteiger partial charge in [-0.25, -0.2) is 10.2 Å². The Bertz CT molecular complexity index is 659. The lowest BCUT2D eigenvalue weighted by atomic mass is 10.1. The minimum absolute atomic E-state index is 0.240. The van der Waals surface area contributed by atoms with Crippen molar-refractivity contribution < 1.29 is 9.13 Å². The number of aryl methyl sites for hydroxylation is 2. The highest BCUT2D eigenvalue weighted by atomic mass is 79.9. The van der Waals surface area contributed by atoms with E-state index in [0.29, 0.717) is 0 Å². The Morgan fingerprint density at radius 3 is 2.62 bits per heavy atom. The lowest BCUT2D eigenvalue weighted by Crippen LogP contribution is -2.26. The molecule has 0 saturated carbocycles. The van der Waals surface area contributed by atoms with E-state index in [4.69, 9.17) is 10.6 Å². The van der Waals surface area contributed by atoms with Crippen molar-refractivity contribution in [2.24, 2.45) is 5.84 Å². The molecule has 21 heavy (non-hydrogen) atoms. The van der Waals surface area contributed by atoms with E-state index >= 15 is 0 Å². The van der Waals surface area contributed by atoms with E-state index in [1.807, 2.05) is 32.0 Å². The average Bonchev–Trinajstić information content (AvgIpc) is 2.42. The summed E-state index contributed by atoms with van der Waals surface area (Å²) in [6.07, 6.45) is 0. The number of anilines is 1. The normalized spacial score (nSPS) is 10.6. The smallest absolute Gasteiger partial charge is 0.166 e. The summed E-state index contributed by atoms with van der Waals surface area (Å²) < 4.78 is 20.3. The molecule has 0 aliphatic heterocycles. The third kappa shape index (κ3) is 3.54. The molecule has 2 rings (SSSR count). The summed E-state index contributed by atoms with van der Waals surface area (Å²) in [5.74, 6) is 5.68. The average molecular weight is 353 g/mol. The van der Waals surface area contributed by atoms with Crippen molar-refractivity contribution in [2.45, 2.75) is 20.5 Å². The number of benzene rings is 2. The highest BCUT2D eigenvalue weighted by Gasteiger charge is 2.11. The van der Waals surface area contributed by atoms with Crippen LogP contribution < -0.4 is 15.6 Å². The maximum absolute atomic E-state index is 13.9. The molecular formula is C16H18BrFN2O. The number of hydrogen-bond donors (Lipinski definition) is 1. The third-order valence-electron chi connectivity index (χ3n) is 3.35. The zero-order valence-electron chi connectivity index (χ0n) is 12.3. The van der Waals surface area contributed by atoms with E-state index in [2.05, 4.69) is 15.9 Å². The molecule has 0 fully saturated rings. The SMILES string of the molecule is Cc1cc(OCc2c(C)cccc2N(C)N)c(F)cc1Br. The Kier molecular flexibility index (Phi) is 4.85. The van der Waals surface area contributed by atoms with Gasteiger partial charge in [-0.1, -0.05) is 28.1 Å². The Labute approximate surface area is 132 Å². The first-order valence-corrected chi connectivity index (χ1v) is 7.35. The molecule has 0 aromatic heterocycles. The van der Waals surface area contributed by atoms with Gasteiger partial charge in [0, 0.05) is 17.1 Å². The number of nitrogens with two attached hydrogens (primary N) is 1. The number of ether oxygens (including phenoxy) is 1. The van der Waals surface area contributed by atoms with Crippen LogP contribution in [0.3, 0.4) is 0 Å². The Morgan fingerprint density at radius 2 is 1.95 bits per heavy atom. The van der Waals surface area contributed by atoms with Crippen molar-refractivity contribution >= 4 is 21.6 Å². The molecule has 0 spiro atoms. The molecule has 0 radical (unpaired) electrons. The van der Waals surface area contributed by atoms with Crippen molar-refractivity contribution in [2.75, 3.05) is 12.1 Å². The van der Waals surface area contributed by atoms with E-state index in [9.17, 15) is 4.39 Å². The number of hydrogen-bond acceptors (Lipinski definition) is 3. The summed E-state index contributed by atoms with van der Waals surface area (Å²) >= 11 is 3.30. The molecule has 2 aromatic rings. The van der Waals surface area contributed by atoms with Gasteiger partial charge in [0.05, 0.1) is 5.69 Å². The van der Waals surface area contributed by atoms with Crippen LogP contribution in [0.2, 0.25) is 0 Å². The fourth-order valence-corrected chi connectivity index (χ4v) is 2.41. The summed E-state index contributed by atoms with van der Waals surface area (Å²) in [6.45, 7) is 4.14. The number of rotatable bonds is 4. The molecule has 0 bridgehead atoms. The molecule has 0 aliphatic carbocycles. The second-order valence-electron chi connectivity index (χ2n) is 5.00. The van der Waals surface area contributed by atoms with Crippen LogP contribution in [0.15, 0.2) is 34.8 Å². The maximum Gasteiger partial charge on any atom is 0.166 e. The van der Waals surface area contributed by atoms with Gasteiger partial charge in [0.25, 0.3) is 0 Å². The number of nitrogens with zero attached hydrogens (tertiary/aromatic N) is 1. The van der Waals surface area contributed by atoms with Gasteiger partial charge in [-0.3, -0.25) is 0 Å². The largest absolute Gasteiger partial charge is 0.486 e. The quantitative estimate of drug-likeness (QED) is 0.665. The lowest BCUT2D eigenvalue weighted by Gasteiger charge is -2.19. The van der Waals surface area contributed by atoms with Crippen molar-refractivity contribution in [1.82, 2.24) is 0 Å². The van der Waals surface area contributed by atoms with Crippen LogP contribution in [0.1, 0.15) is 16.7 Å². The first-order chi connectivity index (χ1) is 9.90. The molecule has 0 amide bonds. The molecule has 112 valence electrons. The maximum atomic E-state index is 13.9. The van der Waals surface area contributed by atoms with Gasteiger partial charge < -0.3 is 9.75 Å². The zero-order chi connectivity index (χ0) is 15.6. The van der Waals surface area contributed by atoms with Crippen LogP contribution >= 0.6 is 15.9 Å². The van der Waals surface area contributed by atoms with Gasteiger partial charge >= 0.3 is 0 Å². The first kappa shape index (κ1) is 15.8. The fourth-order valence-electron chi connectivity index (χ4n) is 2.10. The molecule has 2 N–H and O–H groups in total. The molecule has 0 heterocycles. The molecule has 3 nitrogen and oxygen atoms in total. The summed E-state index contributed by atoms with van der Waals surface area (Å²) in [6, 6.07) is 8.92. The van der Waals surface area contributed by atoms with E-state index in [-0.39, 0.29) is 18.2 Å². The van der Waals surface area contributed by atoms with Crippen molar-refractivity contribution in [3.63, 3.8) is 0 Å². The second kappa shape index (κ2) is 6.45. The molecule has 0 saturated heterocycles. The second-order valence-corrected chi connectivity index (χ2v) is 5.86. The third-order valence-corrected chi connectivity index (χ3v) is 4.21. The van der Waals surface area contributed by atoms with Crippen molar-refractivity contribution in [3.05, 3.63) is 57.3 Å². The number of hydrazine groups is 1. The van der Waals surface area contributed by atoms with E-state index in [1.54, 1.807) is 13.1 Å². The van der Waals surface area contributed by atoms with E-state index in [1.165, 1.54) is 11.1 Å². The van der Waals surface area contributed by atoms with Gasteiger partial charge in [0.1, 0.15) is 6.61 Å². The highest BCUT2D eigenvalue weighted by Crippen LogP contribution is 2.28. The monoisotopic (exact) mass is 352 g/mol. The van der Waals surface area contributed by atoms with Gasteiger partial charge in [0.2, 0.25) is 0 Å². The van der Waals surface area contributed by atoms with Gasteiger partial charge in [-0.15, -0.1) is 0 Å².